The molecular weight excluding hydrogens is 461 g/mol. The second kappa shape index (κ2) is 10.5. The fourth-order valence-corrected chi connectivity index (χ4v) is 5.67. The number of hydrogen-bond donors (Lipinski definition) is 0. The Morgan fingerprint density at radius 3 is 2.17 bits per heavy atom. The predicted molar refractivity (Wildman–Crippen MR) is 135 cm³/mol. The third-order valence-electron chi connectivity index (χ3n) is 7.52. The maximum Gasteiger partial charge on any atom is 0.416 e. The topological polar surface area (TPSA) is 23.6 Å². The van der Waals surface area contributed by atoms with E-state index in [2.05, 4.69) is 17.0 Å². The Morgan fingerprint density at radius 1 is 0.806 bits per heavy atom. The van der Waals surface area contributed by atoms with Gasteiger partial charge in [-0.3, -0.25) is 4.79 Å². The zero-order valence-corrected chi connectivity index (χ0v) is 20.3. The first kappa shape index (κ1) is 24.6. The molecule has 3 aromatic carbocycles. The van der Waals surface area contributed by atoms with Gasteiger partial charge in [-0.1, -0.05) is 66.7 Å². The summed E-state index contributed by atoms with van der Waals surface area (Å²) in [6, 6.07) is 23.1. The lowest BCUT2D eigenvalue weighted by atomic mass is 9.84. The van der Waals surface area contributed by atoms with Crippen LogP contribution in [0.3, 0.4) is 0 Å². The highest BCUT2D eigenvalue weighted by Crippen LogP contribution is 2.39. The molecular formula is C30H31F3N2O. The highest BCUT2D eigenvalue weighted by molar-refractivity contribution is 5.87. The van der Waals surface area contributed by atoms with E-state index in [1.807, 2.05) is 47.4 Å². The molecule has 36 heavy (non-hydrogen) atoms. The molecule has 2 atom stereocenters. The second-order valence-corrected chi connectivity index (χ2v) is 9.82. The summed E-state index contributed by atoms with van der Waals surface area (Å²) in [7, 11) is 0. The van der Waals surface area contributed by atoms with Crippen LogP contribution in [-0.4, -0.2) is 41.9 Å². The molecule has 2 heterocycles. The van der Waals surface area contributed by atoms with Crippen molar-refractivity contribution in [1.82, 2.24) is 9.80 Å². The van der Waals surface area contributed by atoms with E-state index in [0.29, 0.717) is 12.1 Å². The minimum atomic E-state index is -4.38. The lowest BCUT2D eigenvalue weighted by molar-refractivity contribution is -0.138. The Bertz CT molecular complexity index is 1170. The molecule has 3 aromatic rings. The molecule has 2 saturated heterocycles. The van der Waals surface area contributed by atoms with E-state index in [0.717, 1.165) is 61.3 Å². The van der Waals surface area contributed by atoms with E-state index in [4.69, 9.17) is 0 Å². The normalized spacial score (nSPS) is 20.0. The van der Waals surface area contributed by atoms with Crippen LogP contribution < -0.4 is 0 Å². The summed E-state index contributed by atoms with van der Waals surface area (Å²) in [5.74, 6) is -0.212. The van der Waals surface area contributed by atoms with Gasteiger partial charge in [0.1, 0.15) is 0 Å². The predicted octanol–water partition coefficient (Wildman–Crippen LogP) is 6.92. The summed E-state index contributed by atoms with van der Waals surface area (Å²) in [5, 5.41) is 0. The summed E-state index contributed by atoms with van der Waals surface area (Å²) < 4.78 is 39.3. The van der Waals surface area contributed by atoms with Gasteiger partial charge in [-0.25, -0.2) is 0 Å². The number of amides is 1. The number of halogens is 3. The average Bonchev–Trinajstić information content (AvgIpc) is 3.41. The van der Waals surface area contributed by atoms with Gasteiger partial charge < -0.3 is 9.80 Å². The Kier molecular flexibility index (Phi) is 7.15. The number of benzene rings is 3. The second-order valence-electron chi connectivity index (χ2n) is 9.82. The Balaban J connectivity index is 1.45. The van der Waals surface area contributed by atoms with Crippen LogP contribution in [0.2, 0.25) is 0 Å². The smallest absolute Gasteiger partial charge is 0.334 e. The highest BCUT2D eigenvalue weighted by Gasteiger charge is 2.37. The lowest BCUT2D eigenvalue weighted by Gasteiger charge is -2.40. The fourth-order valence-electron chi connectivity index (χ4n) is 5.67. The summed E-state index contributed by atoms with van der Waals surface area (Å²) in [4.78, 5) is 18.5. The van der Waals surface area contributed by atoms with Gasteiger partial charge in [-0.2, -0.15) is 13.2 Å². The minimum absolute atomic E-state index is 0.0159. The molecule has 3 nitrogen and oxygen atoms in total. The van der Waals surface area contributed by atoms with Crippen molar-refractivity contribution in [2.45, 2.75) is 43.8 Å². The van der Waals surface area contributed by atoms with Crippen LogP contribution in [0.1, 0.15) is 54.3 Å². The van der Waals surface area contributed by atoms with Crippen LogP contribution in [0.4, 0.5) is 13.2 Å². The number of likely N-dealkylation sites (tertiary alicyclic amines) is 2. The van der Waals surface area contributed by atoms with Crippen LogP contribution in [-0.2, 0) is 11.0 Å². The molecule has 6 heteroatoms. The Labute approximate surface area is 210 Å². The first-order chi connectivity index (χ1) is 17.4. The highest BCUT2D eigenvalue weighted by atomic mass is 19.4. The molecule has 0 aliphatic carbocycles. The molecule has 1 amide bonds. The van der Waals surface area contributed by atoms with Crippen LogP contribution in [0.5, 0.6) is 0 Å². The van der Waals surface area contributed by atoms with Crippen molar-refractivity contribution in [3.63, 3.8) is 0 Å². The first-order valence-corrected chi connectivity index (χ1v) is 12.8. The van der Waals surface area contributed by atoms with E-state index in [9.17, 15) is 18.0 Å². The van der Waals surface area contributed by atoms with Crippen molar-refractivity contribution in [3.05, 3.63) is 95.6 Å². The van der Waals surface area contributed by atoms with E-state index < -0.39 is 11.7 Å². The molecule has 0 N–H and O–H groups in total. The number of nitrogens with zero attached hydrogens (tertiary/aromatic N) is 2. The van der Waals surface area contributed by atoms with Crippen molar-refractivity contribution in [1.29, 1.82) is 0 Å². The van der Waals surface area contributed by atoms with Gasteiger partial charge in [-0.05, 0) is 73.2 Å². The van der Waals surface area contributed by atoms with Crippen LogP contribution in [0, 0.1) is 0 Å². The number of hydrogen-bond acceptors (Lipinski definition) is 2. The Morgan fingerprint density at radius 2 is 1.47 bits per heavy atom. The van der Waals surface area contributed by atoms with E-state index >= 15 is 0 Å². The van der Waals surface area contributed by atoms with Crippen LogP contribution >= 0.6 is 0 Å². The molecule has 0 radical (unpaired) electrons. The minimum Gasteiger partial charge on any atom is -0.334 e. The molecule has 5 rings (SSSR count). The summed E-state index contributed by atoms with van der Waals surface area (Å²) in [6.45, 7) is 3.66. The largest absolute Gasteiger partial charge is 0.416 e. The molecule has 1 unspecified atom stereocenters. The number of alkyl halides is 3. The van der Waals surface area contributed by atoms with Crippen molar-refractivity contribution < 1.29 is 18.0 Å². The zero-order valence-electron chi connectivity index (χ0n) is 20.3. The maximum atomic E-state index is 14.0. The van der Waals surface area contributed by atoms with Gasteiger partial charge in [0.2, 0.25) is 5.91 Å². The summed E-state index contributed by atoms with van der Waals surface area (Å²) in [5.41, 5.74) is 2.88. The van der Waals surface area contributed by atoms with Gasteiger partial charge in [0.25, 0.3) is 0 Å². The standard InChI is InChI=1S/C30H31F3N2O/c31-30(32,33)24-16-14-22(15-17-24)25-11-4-5-12-26(25)27-13-8-20-35(29(27)36)28(21-34-18-6-7-19-34)23-9-2-1-3-10-23/h1-5,9-12,14-17,27-28H,6-8,13,18-21H2/t27-,28?/m0/s1. The van der Waals surface area contributed by atoms with Crippen molar-refractivity contribution in [2.24, 2.45) is 0 Å². The molecule has 0 saturated carbocycles. The average molecular weight is 493 g/mol. The monoisotopic (exact) mass is 492 g/mol. The van der Waals surface area contributed by atoms with Crippen LogP contribution in [0.15, 0.2) is 78.9 Å². The lowest BCUT2D eigenvalue weighted by Crippen LogP contribution is -2.46. The van der Waals surface area contributed by atoms with Crippen molar-refractivity contribution in [2.75, 3.05) is 26.2 Å². The van der Waals surface area contributed by atoms with Gasteiger partial charge in [-0.15, -0.1) is 0 Å². The molecule has 0 bridgehead atoms. The molecule has 2 fully saturated rings. The van der Waals surface area contributed by atoms with Gasteiger partial charge in [0.15, 0.2) is 0 Å². The van der Waals surface area contributed by atoms with Gasteiger partial charge >= 0.3 is 6.18 Å². The van der Waals surface area contributed by atoms with Gasteiger partial charge in [0.05, 0.1) is 17.5 Å². The number of rotatable bonds is 6. The third-order valence-corrected chi connectivity index (χ3v) is 7.52. The molecule has 188 valence electrons. The van der Waals surface area contributed by atoms with Crippen molar-refractivity contribution in [3.8, 4) is 11.1 Å². The van der Waals surface area contributed by atoms with E-state index in [1.54, 1.807) is 0 Å². The SMILES string of the molecule is O=C1[C@H](c2ccccc2-c2ccc(C(F)(F)F)cc2)CCCN1C(CN1CCCC1)c1ccccc1. The summed E-state index contributed by atoms with van der Waals surface area (Å²) >= 11 is 0. The fraction of sp³-hybridized carbons (Fsp3) is 0.367. The molecule has 2 aliphatic rings. The van der Waals surface area contributed by atoms with Crippen LogP contribution in [0.25, 0.3) is 11.1 Å². The number of carbonyl (C=O) groups is 1. The maximum absolute atomic E-state index is 14.0. The van der Waals surface area contributed by atoms with Gasteiger partial charge in [0, 0.05) is 13.1 Å². The zero-order chi connectivity index (χ0) is 25.1. The van der Waals surface area contributed by atoms with Crippen molar-refractivity contribution >= 4 is 5.91 Å². The quantitative estimate of drug-likeness (QED) is 0.373. The number of carbonyl (C=O) groups excluding carboxylic acids is 1. The third kappa shape index (κ3) is 5.19. The van der Waals surface area contributed by atoms with E-state index in [1.165, 1.54) is 25.0 Å². The molecule has 2 aliphatic heterocycles. The Hall–Kier alpha value is -3.12. The first-order valence-electron chi connectivity index (χ1n) is 12.8. The molecule has 0 spiro atoms. The summed E-state index contributed by atoms with van der Waals surface area (Å²) in [6.07, 6.45) is -0.365. The molecule has 0 aromatic heterocycles. The van der Waals surface area contributed by atoms with E-state index in [-0.39, 0.29) is 17.9 Å². The number of piperidine rings is 1.